The zero-order valence-electron chi connectivity index (χ0n) is 16.6. The lowest BCUT2D eigenvalue weighted by atomic mass is 10.0. The van der Waals surface area contributed by atoms with Crippen molar-refractivity contribution < 1.29 is 13.2 Å². The third-order valence-electron chi connectivity index (χ3n) is 4.64. The van der Waals surface area contributed by atoms with E-state index in [2.05, 4.69) is 5.32 Å². The van der Waals surface area contributed by atoms with Gasteiger partial charge in [0.15, 0.2) is 9.84 Å². The van der Waals surface area contributed by atoms with Crippen LogP contribution >= 0.6 is 0 Å². The zero-order chi connectivity index (χ0) is 21.7. The monoisotopic (exact) mass is 421 g/mol. The predicted molar refractivity (Wildman–Crippen MR) is 119 cm³/mol. The Bertz CT molecular complexity index is 1190. The molecule has 3 aromatic rings. The van der Waals surface area contributed by atoms with Gasteiger partial charge in [0.1, 0.15) is 5.84 Å². The number of rotatable bonds is 7. The molecule has 3 aromatic carbocycles. The smallest absolute Gasteiger partial charge is 0.224 e. The van der Waals surface area contributed by atoms with Crippen molar-refractivity contribution >= 4 is 27.3 Å². The first-order chi connectivity index (χ1) is 14.2. The standard InChI is InChI=1S/C23H23N3O3S/c1-30(28,29)21-8-3-2-7-20(21)17-10-12-19(13-11-17)26-22(27)14-9-16-5-4-6-18(15-16)23(24)25/h2-8,10-13,15H,9,14H2,1H3,(H3,24,25)(H,26,27). The largest absolute Gasteiger partial charge is 0.384 e. The maximum absolute atomic E-state index is 12.3. The molecule has 154 valence electrons. The van der Waals surface area contributed by atoms with E-state index < -0.39 is 9.84 Å². The molecule has 0 aliphatic rings. The summed E-state index contributed by atoms with van der Waals surface area (Å²) in [7, 11) is -3.34. The van der Waals surface area contributed by atoms with Crippen LogP contribution < -0.4 is 11.1 Å². The number of nitrogen functional groups attached to an aromatic ring is 1. The van der Waals surface area contributed by atoms with Gasteiger partial charge in [-0.3, -0.25) is 10.2 Å². The van der Waals surface area contributed by atoms with Gasteiger partial charge in [0.25, 0.3) is 0 Å². The Hall–Kier alpha value is -3.45. The molecule has 0 saturated carbocycles. The highest BCUT2D eigenvalue weighted by molar-refractivity contribution is 7.90. The number of aryl methyl sites for hydroxylation is 1. The van der Waals surface area contributed by atoms with Crippen LogP contribution in [0.3, 0.4) is 0 Å². The number of benzene rings is 3. The quantitative estimate of drug-likeness (QED) is 0.399. The van der Waals surface area contributed by atoms with E-state index in [-0.39, 0.29) is 16.6 Å². The molecule has 0 heterocycles. The molecule has 0 spiro atoms. The summed E-state index contributed by atoms with van der Waals surface area (Å²) in [5.74, 6) is -0.133. The van der Waals surface area contributed by atoms with Gasteiger partial charge in [-0.25, -0.2) is 8.42 Å². The summed E-state index contributed by atoms with van der Waals surface area (Å²) in [4.78, 5) is 12.6. The Balaban J connectivity index is 1.66. The highest BCUT2D eigenvalue weighted by Gasteiger charge is 2.14. The van der Waals surface area contributed by atoms with Crippen molar-refractivity contribution in [2.24, 2.45) is 5.73 Å². The van der Waals surface area contributed by atoms with Crippen molar-refractivity contribution in [2.75, 3.05) is 11.6 Å². The highest BCUT2D eigenvalue weighted by Crippen LogP contribution is 2.28. The molecular weight excluding hydrogens is 398 g/mol. The van der Waals surface area contributed by atoms with Gasteiger partial charge in [-0.2, -0.15) is 0 Å². The molecule has 7 heteroatoms. The minimum atomic E-state index is -3.34. The maximum atomic E-state index is 12.3. The van der Waals surface area contributed by atoms with Gasteiger partial charge in [-0.1, -0.05) is 48.5 Å². The molecule has 0 aliphatic carbocycles. The molecule has 0 atom stereocenters. The molecule has 4 N–H and O–H groups in total. The Morgan fingerprint density at radius 2 is 1.70 bits per heavy atom. The molecule has 0 aromatic heterocycles. The summed E-state index contributed by atoms with van der Waals surface area (Å²) in [6.45, 7) is 0. The third kappa shape index (κ3) is 5.33. The Morgan fingerprint density at radius 3 is 2.37 bits per heavy atom. The molecule has 3 rings (SSSR count). The lowest BCUT2D eigenvalue weighted by Crippen LogP contribution is -2.13. The average Bonchev–Trinajstić information content (AvgIpc) is 2.72. The van der Waals surface area contributed by atoms with Crippen LogP contribution in [0.4, 0.5) is 5.69 Å². The predicted octanol–water partition coefficient (Wildman–Crippen LogP) is 3.61. The van der Waals surface area contributed by atoms with Gasteiger partial charge in [-0.15, -0.1) is 0 Å². The molecule has 30 heavy (non-hydrogen) atoms. The fraction of sp³-hybridized carbons (Fsp3) is 0.130. The number of nitrogens with two attached hydrogens (primary N) is 1. The Morgan fingerprint density at radius 1 is 1.00 bits per heavy atom. The summed E-state index contributed by atoms with van der Waals surface area (Å²) in [5, 5.41) is 10.3. The molecule has 0 radical (unpaired) electrons. The Labute approximate surface area is 176 Å². The fourth-order valence-electron chi connectivity index (χ4n) is 3.14. The first kappa shape index (κ1) is 21.3. The number of sulfone groups is 1. The minimum absolute atomic E-state index is 0.00108. The van der Waals surface area contributed by atoms with Gasteiger partial charge >= 0.3 is 0 Å². The van der Waals surface area contributed by atoms with E-state index in [1.807, 2.05) is 18.2 Å². The molecule has 0 aliphatic heterocycles. The van der Waals surface area contributed by atoms with E-state index in [9.17, 15) is 13.2 Å². The lowest BCUT2D eigenvalue weighted by Gasteiger charge is -2.10. The second kappa shape index (κ2) is 8.92. The highest BCUT2D eigenvalue weighted by atomic mass is 32.2. The average molecular weight is 422 g/mol. The minimum Gasteiger partial charge on any atom is -0.384 e. The van der Waals surface area contributed by atoms with Gasteiger partial charge in [0.05, 0.1) is 4.90 Å². The number of amidine groups is 1. The van der Waals surface area contributed by atoms with Gasteiger partial charge in [0.2, 0.25) is 5.91 Å². The van der Waals surface area contributed by atoms with Gasteiger partial charge in [0, 0.05) is 29.5 Å². The van der Waals surface area contributed by atoms with E-state index in [4.69, 9.17) is 11.1 Å². The zero-order valence-corrected chi connectivity index (χ0v) is 17.4. The van der Waals surface area contributed by atoms with E-state index in [1.54, 1.807) is 54.6 Å². The van der Waals surface area contributed by atoms with Crippen molar-refractivity contribution in [3.8, 4) is 11.1 Å². The van der Waals surface area contributed by atoms with Crippen molar-refractivity contribution in [1.29, 1.82) is 5.41 Å². The van der Waals surface area contributed by atoms with E-state index in [0.717, 1.165) is 11.1 Å². The third-order valence-corrected chi connectivity index (χ3v) is 5.80. The number of anilines is 1. The molecule has 0 fully saturated rings. The molecule has 6 nitrogen and oxygen atoms in total. The van der Waals surface area contributed by atoms with Crippen LogP contribution in [0.1, 0.15) is 17.5 Å². The van der Waals surface area contributed by atoms with E-state index in [0.29, 0.717) is 29.7 Å². The van der Waals surface area contributed by atoms with Crippen LogP contribution in [0.15, 0.2) is 77.7 Å². The summed E-state index contributed by atoms with van der Waals surface area (Å²) in [5.41, 5.74) is 9.10. The summed E-state index contributed by atoms with van der Waals surface area (Å²) < 4.78 is 24.0. The lowest BCUT2D eigenvalue weighted by molar-refractivity contribution is -0.116. The number of carbonyl (C=O) groups is 1. The van der Waals surface area contributed by atoms with Crippen LogP contribution in [-0.4, -0.2) is 26.4 Å². The summed E-state index contributed by atoms with van der Waals surface area (Å²) in [6, 6.07) is 21.2. The van der Waals surface area contributed by atoms with Crippen LogP contribution in [0.2, 0.25) is 0 Å². The topological polar surface area (TPSA) is 113 Å². The van der Waals surface area contributed by atoms with Gasteiger partial charge < -0.3 is 11.1 Å². The van der Waals surface area contributed by atoms with Crippen LogP contribution in [0, 0.1) is 5.41 Å². The molecule has 0 saturated heterocycles. The second-order valence-corrected chi connectivity index (χ2v) is 8.99. The second-order valence-electron chi connectivity index (χ2n) is 7.01. The van der Waals surface area contributed by atoms with Crippen molar-refractivity contribution in [1.82, 2.24) is 0 Å². The summed E-state index contributed by atoms with van der Waals surface area (Å²) in [6.07, 6.45) is 2.01. The fourth-order valence-corrected chi connectivity index (χ4v) is 4.05. The SMILES string of the molecule is CS(=O)(=O)c1ccccc1-c1ccc(NC(=O)CCc2cccc(C(=N)N)c2)cc1. The molecular formula is C23H23N3O3S. The number of carbonyl (C=O) groups excluding carboxylic acids is 1. The number of amides is 1. The van der Waals surface area contributed by atoms with E-state index >= 15 is 0 Å². The number of hydrogen-bond donors (Lipinski definition) is 3. The van der Waals surface area contributed by atoms with Crippen molar-refractivity contribution in [2.45, 2.75) is 17.7 Å². The normalized spacial score (nSPS) is 11.1. The van der Waals surface area contributed by atoms with Crippen molar-refractivity contribution in [3.63, 3.8) is 0 Å². The number of hydrogen-bond acceptors (Lipinski definition) is 4. The Kier molecular flexibility index (Phi) is 6.32. The van der Waals surface area contributed by atoms with Crippen LogP contribution in [-0.2, 0) is 21.1 Å². The van der Waals surface area contributed by atoms with Crippen LogP contribution in [0.5, 0.6) is 0 Å². The van der Waals surface area contributed by atoms with E-state index in [1.165, 1.54) is 6.26 Å². The number of nitrogens with one attached hydrogen (secondary N) is 2. The first-order valence-corrected chi connectivity index (χ1v) is 11.3. The van der Waals surface area contributed by atoms with Crippen molar-refractivity contribution in [3.05, 3.63) is 83.9 Å². The molecule has 0 unspecified atom stereocenters. The van der Waals surface area contributed by atoms with Crippen LogP contribution in [0.25, 0.3) is 11.1 Å². The first-order valence-electron chi connectivity index (χ1n) is 9.37. The van der Waals surface area contributed by atoms with Gasteiger partial charge in [-0.05, 0) is 41.8 Å². The molecule has 0 bridgehead atoms. The molecule has 1 amide bonds. The maximum Gasteiger partial charge on any atom is 0.224 e. The summed E-state index contributed by atoms with van der Waals surface area (Å²) >= 11 is 0.